The molecule has 8 heteroatoms. The summed E-state index contributed by atoms with van der Waals surface area (Å²) in [5.74, 6) is 2.68. The molecule has 26 heavy (non-hydrogen) atoms. The number of aryl methyl sites for hydroxylation is 1. The van der Waals surface area contributed by atoms with Gasteiger partial charge in [-0.1, -0.05) is 26.7 Å². The van der Waals surface area contributed by atoms with Crippen LogP contribution in [0.3, 0.4) is 0 Å². The molecular formula is C18H33IN6O. The Balaban J connectivity index is 0.00000243. The van der Waals surface area contributed by atoms with Crippen LogP contribution in [0.15, 0.2) is 4.99 Å². The van der Waals surface area contributed by atoms with Crippen molar-refractivity contribution in [3.8, 4) is 0 Å². The molecule has 2 unspecified atom stereocenters. The number of rotatable bonds is 5. The molecule has 1 aromatic heterocycles. The zero-order valence-electron chi connectivity index (χ0n) is 16.6. The molecule has 2 aliphatic rings. The Morgan fingerprint density at radius 1 is 1.27 bits per heavy atom. The second-order valence-electron chi connectivity index (χ2n) is 7.99. The van der Waals surface area contributed by atoms with Gasteiger partial charge in [0.05, 0.1) is 6.10 Å². The van der Waals surface area contributed by atoms with Crippen LogP contribution in [-0.4, -0.2) is 46.0 Å². The van der Waals surface area contributed by atoms with Crippen LogP contribution in [0, 0.1) is 12.3 Å². The molecule has 2 atom stereocenters. The average molecular weight is 476 g/mol. The summed E-state index contributed by atoms with van der Waals surface area (Å²) in [7, 11) is 3.78. The SMILES string of the molecule is COC1CC(NC(=NCc2nnc(C)n2C)NC2CCCC2)C1(C)C.I. The van der Waals surface area contributed by atoms with E-state index in [9.17, 15) is 0 Å². The third-order valence-corrected chi connectivity index (χ3v) is 6.03. The van der Waals surface area contributed by atoms with Crippen LogP contribution in [0.25, 0.3) is 0 Å². The van der Waals surface area contributed by atoms with E-state index in [2.05, 4.69) is 34.7 Å². The van der Waals surface area contributed by atoms with Crippen molar-refractivity contribution in [1.82, 2.24) is 25.4 Å². The number of halogens is 1. The molecule has 0 saturated heterocycles. The van der Waals surface area contributed by atoms with E-state index < -0.39 is 0 Å². The molecule has 0 radical (unpaired) electrons. The number of ether oxygens (including phenoxy) is 1. The number of guanidine groups is 1. The highest BCUT2D eigenvalue weighted by atomic mass is 127. The lowest BCUT2D eigenvalue weighted by atomic mass is 9.64. The van der Waals surface area contributed by atoms with Gasteiger partial charge in [0.1, 0.15) is 12.4 Å². The molecule has 1 heterocycles. The summed E-state index contributed by atoms with van der Waals surface area (Å²) in [5.41, 5.74) is 0.105. The maximum Gasteiger partial charge on any atom is 0.192 e. The van der Waals surface area contributed by atoms with Crippen LogP contribution >= 0.6 is 24.0 Å². The van der Waals surface area contributed by atoms with E-state index >= 15 is 0 Å². The van der Waals surface area contributed by atoms with Gasteiger partial charge >= 0.3 is 0 Å². The van der Waals surface area contributed by atoms with Gasteiger partial charge in [0.15, 0.2) is 11.8 Å². The molecule has 0 aromatic carbocycles. The van der Waals surface area contributed by atoms with Crippen molar-refractivity contribution >= 4 is 29.9 Å². The monoisotopic (exact) mass is 476 g/mol. The summed E-state index contributed by atoms with van der Waals surface area (Å²) >= 11 is 0. The number of nitrogens with one attached hydrogen (secondary N) is 2. The quantitative estimate of drug-likeness (QED) is 0.388. The first-order valence-electron chi connectivity index (χ1n) is 9.37. The summed E-state index contributed by atoms with van der Waals surface area (Å²) in [4.78, 5) is 4.80. The van der Waals surface area contributed by atoms with E-state index in [4.69, 9.17) is 9.73 Å². The van der Waals surface area contributed by atoms with Gasteiger partial charge in [-0.25, -0.2) is 4.99 Å². The topological polar surface area (TPSA) is 76.4 Å². The van der Waals surface area contributed by atoms with Gasteiger partial charge in [-0.15, -0.1) is 34.2 Å². The Bertz CT molecular complexity index is 623. The lowest BCUT2D eigenvalue weighted by molar-refractivity contribution is -0.0923. The number of hydrogen-bond donors (Lipinski definition) is 2. The van der Waals surface area contributed by atoms with Crippen molar-refractivity contribution in [1.29, 1.82) is 0 Å². The van der Waals surface area contributed by atoms with Crippen molar-refractivity contribution in [2.45, 2.75) is 77.6 Å². The zero-order chi connectivity index (χ0) is 18.0. The highest BCUT2D eigenvalue weighted by Crippen LogP contribution is 2.42. The Labute approximate surface area is 173 Å². The van der Waals surface area contributed by atoms with Gasteiger partial charge in [0.2, 0.25) is 0 Å². The van der Waals surface area contributed by atoms with Crippen LogP contribution < -0.4 is 10.6 Å². The standard InChI is InChI=1S/C18H32N6O.HI/c1-12-22-23-16(24(12)4)11-19-17(20-13-8-6-7-9-13)21-14-10-15(25-5)18(14,2)3;/h13-15H,6-11H2,1-5H3,(H2,19,20,21);1H. The largest absolute Gasteiger partial charge is 0.381 e. The summed E-state index contributed by atoms with van der Waals surface area (Å²) in [6, 6.07) is 0.889. The Morgan fingerprint density at radius 2 is 1.96 bits per heavy atom. The summed E-state index contributed by atoms with van der Waals surface area (Å²) in [6.45, 7) is 6.99. The van der Waals surface area contributed by atoms with E-state index in [0.29, 0.717) is 24.7 Å². The fourth-order valence-electron chi connectivity index (χ4n) is 3.83. The predicted molar refractivity (Wildman–Crippen MR) is 114 cm³/mol. The fourth-order valence-corrected chi connectivity index (χ4v) is 3.83. The van der Waals surface area contributed by atoms with Crippen molar-refractivity contribution in [3.05, 3.63) is 11.6 Å². The van der Waals surface area contributed by atoms with Crippen LogP contribution in [0.4, 0.5) is 0 Å². The molecule has 0 aliphatic heterocycles. The van der Waals surface area contributed by atoms with Gasteiger partial charge in [-0.3, -0.25) is 0 Å². The first kappa shape index (κ1) is 21.4. The van der Waals surface area contributed by atoms with E-state index in [0.717, 1.165) is 24.0 Å². The number of methoxy groups -OCH3 is 1. The second kappa shape index (κ2) is 8.86. The van der Waals surface area contributed by atoms with Crippen molar-refractivity contribution in [3.63, 3.8) is 0 Å². The molecule has 2 N–H and O–H groups in total. The summed E-state index contributed by atoms with van der Waals surface area (Å²) < 4.78 is 7.56. The number of aliphatic imine (C=N–C) groups is 1. The molecule has 1 aromatic rings. The van der Waals surface area contributed by atoms with Crippen LogP contribution in [-0.2, 0) is 18.3 Å². The maximum atomic E-state index is 5.57. The predicted octanol–water partition coefficient (Wildman–Crippen LogP) is 2.53. The molecule has 7 nitrogen and oxygen atoms in total. The fraction of sp³-hybridized carbons (Fsp3) is 0.833. The normalized spacial score (nSPS) is 25.5. The highest BCUT2D eigenvalue weighted by Gasteiger charge is 2.49. The molecule has 2 fully saturated rings. The Kier molecular flexibility index (Phi) is 7.29. The van der Waals surface area contributed by atoms with Crippen LogP contribution in [0.5, 0.6) is 0 Å². The first-order chi connectivity index (χ1) is 11.9. The van der Waals surface area contributed by atoms with Crippen molar-refractivity contribution < 1.29 is 4.74 Å². The summed E-state index contributed by atoms with van der Waals surface area (Å²) in [6.07, 6.45) is 6.36. The minimum absolute atomic E-state index is 0. The Morgan fingerprint density at radius 3 is 2.50 bits per heavy atom. The summed E-state index contributed by atoms with van der Waals surface area (Å²) in [5, 5.41) is 15.6. The average Bonchev–Trinajstić information content (AvgIpc) is 3.20. The third kappa shape index (κ3) is 4.49. The molecule has 2 aliphatic carbocycles. The van der Waals surface area contributed by atoms with E-state index in [1.165, 1.54) is 25.7 Å². The zero-order valence-corrected chi connectivity index (χ0v) is 18.9. The molecule has 0 bridgehead atoms. The lowest BCUT2D eigenvalue weighted by Crippen LogP contribution is -2.63. The molecule has 148 valence electrons. The van der Waals surface area contributed by atoms with Crippen molar-refractivity contribution in [2.75, 3.05) is 7.11 Å². The lowest BCUT2D eigenvalue weighted by Gasteiger charge is -2.51. The number of nitrogens with zero attached hydrogens (tertiary/aromatic N) is 4. The smallest absolute Gasteiger partial charge is 0.192 e. The van der Waals surface area contributed by atoms with E-state index in [1.807, 2.05) is 18.5 Å². The third-order valence-electron chi connectivity index (χ3n) is 6.03. The minimum Gasteiger partial charge on any atom is -0.381 e. The number of aromatic nitrogens is 3. The molecule has 0 spiro atoms. The van der Waals surface area contributed by atoms with E-state index in [1.54, 1.807) is 7.11 Å². The van der Waals surface area contributed by atoms with Gasteiger partial charge in [-0.2, -0.15) is 0 Å². The van der Waals surface area contributed by atoms with Gasteiger partial charge in [0.25, 0.3) is 0 Å². The Hall–Kier alpha value is -0.900. The molecule has 0 amide bonds. The van der Waals surface area contributed by atoms with Crippen LogP contribution in [0.2, 0.25) is 0 Å². The maximum absolute atomic E-state index is 5.57. The highest BCUT2D eigenvalue weighted by molar-refractivity contribution is 14.0. The minimum atomic E-state index is 0. The number of hydrogen-bond acceptors (Lipinski definition) is 4. The first-order valence-corrected chi connectivity index (χ1v) is 9.37. The van der Waals surface area contributed by atoms with E-state index in [-0.39, 0.29) is 29.4 Å². The molecular weight excluding hydrogens is 443 g/mol. The van der Waals surface area contributed by atoms with Crippen LogP contribution in [0.1, 0.15) is 57.6 Å². The molecule has 2 saturated carbocycles. The van der Waals surface area contributed by atoms with Gasteiger partial charge in [0, 0.05) is 31.7 Å². The van der Waals surface area contributed by atoms with Gasteiger partial charge in [-0.05, 0) is 26.2 Å². The molecule has 3 rings (SSSR count). The second-order valence-corrected chi connectivity index (χ2v) is 7.99. The van der Waals surface area contributed by atoms with Gasteiger partial charge < -0.3 is 19.9 Å². The van der Waals surface area contributed by atoms with Crippen molar-refractivity contribution in [2.24, 2.45) is 17.5 Å².